The molecule has 0 aliphatic carbocycles. The van der Waals surface area contributed by atoms with Crippen LogP contribution in [0.5, 0.6) is 17.2 Å². The number of fused-ring (bicyclic) bond motifs is 1. The fraction of sp³-hybridized carbons (Fsp3) is 0.440. The van der Waals surface area contributed by atoms with Gasteiger partial charge in [0.2, 0.25) is 5.91 Å². The van der Waals surface area contributed by atoms with Crippen LogP contribution in [0.15, 0.2) is 30.3 Å². The summed E-state index contributed by atoms with van der Waals surface area (Å²) in [7, 11) is 1.60. The van der Waals surface area contributed by atoms with Gasteiger partial charge in [-0.2, -0.15) is 0 Å². The summed E-state index contributed by atoms with van der Waals surface area (Å²) in [5.41, 5.74) is 1.53. The van der Waals surface area contributed by atoms with Crippen molar-refractivity contribution in [2.75, 3.05) is 26.8 Å². The van der Waals surface area contributed by atoms with E-state index in [1.807, 2.05) is 12.1 Å². The standard InChI is InChI=1S/C25H29FN2O6/c1-27-24(29)13-21-19-12-23(34-16-5-6-18(25(30)31)20(26)11-16)22(10-15(19)7-8-28-21)33-14-17-4-2-3-9-32-17/h5-6,10-12,17,21,28H,2-4,7-9,13-14H2,1H3,(H,27,29)(H,30,31)/t17?,21-/m1/s1. The lowest BCUT2D eigenvalue weighted by atomic mass is 9.91. The SMILES string of the molecule is CNC(=O)C[C@H]1NCCc2cc(OCC3CCCCO3)c(Oc3ccc(C(=O)O)c(F)c3)cc21. The number of halogens is 1. The van der Waals surface area contributed by atoms with E-state index in [1.54, 1.807) is 7.05 Å². The lowest BCUT2D eigenvalue weighted by molar-refractivity contribution is -0.121. The molecular weight excluding hydrogens is 443 g/mol. The highest BCUT2D eigenvalue weighted by Gasteiger charge is 2.26. The monoisotopic (exact) mass is 472 g/mol. The van der Waals surface area contributed by atoms with E-state index < -0.39 is 17.3 Å². The molecule has 0 radical (unpaired) electrons. The second-order valence-corrected chi connectivity index (χ2v) is 8.48. The van der Waals surface area contributed by atoms with Gasteiger partial charge in [0.05, 0.1) is 11.7 Å². The highest BCUT2D eigenvalue weighted by atomic mass is 19.1. The molecule has 2 aliphatic rings. The number of carbonyl (C=O) groups is 2. The fourth-order valence-electron chi connectivity index (χ4n) is 4.29. The number of carboxylic acids is 1. The van der Waals surface area contributed by atoms with Crippen LogP contribution in [0.25, 0.3) is 0 Å². The minimum atomic E-state index is -1.35. The first-order chi connectivity index (χ1) is 16.4. The first-order valence-corrected chi connectivity index (χ1v) is 11.5. The molecular formula is C25H29FN2O6. The molecule has 0 spiro atoms. The van der Waals surface area contributed by atoms with Crippen molar-refractivity contribution in [2.45, 2.75) is 44.2 Å². The Balaban J connectivity index is 1.64. The van der Waals surface area contributed by atoms with Gasteiger partial charge in [-0.3, -0.25) is 4.79 Å². The summed E-state index contributed by atoms with van der Waals surface area (Å²) in [5.74, 6) is -1.32. The topological polar surface area (TPSA) is 106 Å². The van der Waals surface area contributed by atoms with E-state index in [2.05, 4.69) is 10.6 Å². The van der Waals surface area contributed by atoms with E-state index in [1.165, 1.54) is 6.07 Å². The van der Waals surface area contributed by atoms with Gasteiger partial charge in [0.25, 0.3) is 0 Å². The van der Waals surface area contributed by atoms with E-state index in [9.17, 15) is 14.0 Å². The predicted octanol–water partition coefficient (Wildman–Crippen LogP) is 3.59. The van der Waals surface area contributed by atoms with Crippen LogP contribution in [0, 0.1) is 5.82 Å². The summed E-state index contributed by atoms with van der Waals surface area (Å²) in [4.78, 5) is 23.2. The van der Waals surface area contributed by atoms with Crippen LogP contribution in [-0.4, -0.2) is 49.9 Å². The lowest BCUT2D eigenvalue weighted by Gasteiger charge is -2.29. The quantitative estimate of drug-likeness (QED) is 0.539. The molecule has 8 nitrogen and oxygen atoms in total. The van der Waals surface area contributed by atoms with E-state index in [4.69, 9.17) is 19.3 Å². The van der Waals surface area contributed by atoms with E-state index >= 15 is 0 Å². The van der Waals surface area contributed by atoms with Gasteiger partial charge in [-0.1, -0.05) is 0 Å². The first kappa shape index (κ1) is 24.0. The number of carboxylic acid groups (broad SMARTS) is 1. The molecule has 2 atom stereocenters. The molecule has 3 N–H and O–H groups in total. The van der Waals surface area contributed by atoms with Crippen molar-refractivity contribution < 1.29 is 33.3 Å². The van der Waals surface area contributed by atoms with Crippen molar-refractivity contribution in [2.24, 2.45) is 0 Å². The second kappa shape index (κ2) is 10.8. The van der Waals surface area contributed by atoms with Gasteiger partial charge in [0.15, 0.2) is 11.5 Å². The number of ether oxygens (including phenoxy) is 3. The number of rotatable bonds is 8. The van der Waals surface area contributed by atoms with Crippen molar-refractivity contribution in [1.82, 2.24) is 10.6 Å². The number of carbonyl (C=O) groups excluding carboxylic acids is 1. The van der Waals surface area contributed by atoms with Crippen molar-refractivity contribution >= 4 is 11.9 Å². The van der Waals surface area contributed by atoms with Crippen molar-refractivity contribution in [3.05, 3.63) is 52.8 Å². The molecule has 1 amide bonds. The first-order valence-electron chi connectivity index (χ1n) is 11.5. The Morgan fingerprint density at radius 3 is 2.79 bits per heavy atom. The minimum absolute atomic E-state index is 0.00686. The average molecular weight is 473 g/mol. The maximum absolute atomic E-state index is 14.2. The van der Waals surface area contributed by atoms with Gasteiger partial charge >= 0.3 is 5.97 Å². The van der Waals surface area contributed by atoms with Crippen molar-refractivity contribution in [1.29, 1.82) is 0 Å². The zero-order valence-electron chi connectivity index (χ0n) is 19.1. The number of hydrogen-bond acceptors (Lipinski definition) is 6. The van der Waals surface area contributed by atoms with E-state index in [-0.39, 0.29) is 30.2 Å². The van der Waals surface area contributed by atoms with Crippen LogP contribution in [0.1, 0.15) is 53.2 Å². The number of benzene rings is 2. The van der Waals surface area contributed by atoms with Gasteiger partial charge < -0.3 is 30.0 Å². The third kappa shape index (κ3) is 5.66. The third-order valence-electron chi connectivity index (χ3n) is 6.13. The molecule has 2 aromatic carbocycles. The zero-order chi connectivity index (χ0) is 24.1. The van der Waals surface area contributed by atoms with Gasteiger partial charge in [0.1, 0.15) is 18.2 Å². The predicted molar refractivity (Wildman–Crippen MR) is 122 cm³/mol. The molecule has 0 bridgehead atoms. The molecule has 2 heterocycles. The van der Waals surface area contributed by atoms with Crippen LogP contribution >= 0.6 is 0 Å². The highest BCUT2D eigenvalue weighted by Crippen LogP contribution is 2.39. The second-order valence-electron chi connectivity index (χ2n) is 8.48. The molecule has 1 saturated heterocycles. The largest absolute Gasteiger partial charge is 0.487 e. The fourth-order valence-corrected chi connectivity index (χ4v) is 4.29. The Morgan fingerprint density at radius 2 is 2.09 bits per heavy atom. The van der Waals surface area contributed by atoms with E-state index in [0.29, 0.717) is 24.7 Å². The van der Waals surface area contributed by atoms with Gasteiger partial charge in [0, 0.05) is 32.2 Å². The Bertz CT molecular complexity index is 1050. The number of aromatic carboxylic acids is 1. The summed E-state index contributed by atoms with van der Waals surface area (Å²) < 4.78 is 32.1. The molecule has 9 heteroatoms. The summed E-state index contributed by atoms with van der Waals surface area (Å²) in [6, 6.07) is 7.13. The smallest absolute Gasteiger partial charge is 0.338 e. The van der Waals surface area contributed by atoms with Crippen LogP contribution < -0.4 is 20.1 Å². The average Bonchev–Trinajstić information content (AvgIpc) is 2.83. The molecule has 0 saturated carbocycles. The molecule has 0 aromatic heterocycles. The highest BCUT2D eigenvalue weighted by molar-refractivity contribution is 5.88. The molecule has 2 aromatic rings. The van der Waals surface area contributed by atoms with Crippen LogP contribution in [0.4, 0.5) is 4.39 Å². The van der Waals surface area contributed by atoms with Crippen LogP contribution in [0.2, 0.25) is 0 Å². The van der Waals surface area contributed by atoms with Crippen molar-refractivity contribution in [3.8, 4) is 17.2 Å². The van der Waals surface area contributed by atoms with Crippen molar-refractivity contribution in [3.63, 3.8) is 0 Å². The summed E-state index contributed by atoms with van der Waals surface area (Å²) >= 11 is 0. The number of hydrogen-bond donors (Lipinski definition) is 3. The lowest BCUT2D eigenvalue weighted by Crippen LogP contribution is -2.34. The maximum atomic E-state index is 14.2. The molecule has 1 fully saturated rings. The minimum Gasteiger partial charge on any atom is -0.487 e. The Hall–Kier alpha value is -3.17. The number of amides is 1. The molecule has 4 rings (SSSR count). The number of nitrogens with one attached hydrogen (secondary N) is 2. The molecule has 182 valence electrons. The Morgan fingerprint density at radius 1 is 1.24 bits per heavy atom. The maximum Gasteiger partial charge on any atom is 0.338 e. The van der Waals surface area contributed by atoms with Crippen LogP contribution in [0.3, 0.4) is 0 Å². The summed E-state index contributed by atoms with van der Waals surface area (Å²) in [6.07, 6.45) is 4.07. The summed E-state index contributed by atoms with van der Waals surface area (Å²) in [5, 5.41) is 15.1. The summed E-state index contributed by atoms with van der Waals surface area (Å²) in [6.45, 7) is 1.80. The Labute approximate surface area is 197 Å². The molecule has 2 aliphatic heterocycles. The zero-order valence-corrected chi connectivity index (χ0v) is 19.1. The van der Waals surface area contributed by atoms with Crippen LogP contribution in [-0.2, 0) is 16.0 Å². The molecule has 1 unspecified atom stereocenters. The normalized spacial score (nSPS) is 19.7. The van der Waals surface area contributed by atoms with E-state index in [0.717, 1.165) is 55.5 Å². The van der Waals surface area contributed by atoms with Gasteiger partial charge in [-0.25, -0.2) is 9.18 Å². The van der Waals surface area contributed by atoms with Gasteiger partial charge in [-0.15, -0.1) is 0 Å². The third-order valence-corrected chi connectivity index (χ3v) is 6.13. The molecule has 34 heavy (non-hydrogen) atoms. The Kier molecular flexibility index (Phi) is 7.64. The van der Waals surface area contributed by atoms with Gasteiger partial charge in [-0.05, 0) is 67.6 Å².